The van der Waals surface area contributed by atoms with Gasteiger partial charge < -0.3 is 15.5 Å². The number of piperazine rings is 1. The van der Waals surface area contributed by atoms with E-state index in [1.165, 1.54) is 6.92 Å². The van der Waals surface area contributed by atoms with Crippen LogP contribution in [0.2, 0.25) is 0 Å². The molecule has 1 saturated heterocycles. The van der Waals surface area contributed by atoms with Crippen molar-refractivity contribution in [1.29, 1.82) is 0 Å². The number of hydrogen-bond donors (Lipinski definition) is 2. The molecule has 1 aliphatic rings. The first kappa shape index (κ1) is 18.9. The fourth-order valence-corrected chi connectivity index (χ4v) is 2.77. The van der Waals surface area contributed by atoms with Crippen molar-refractivity contribution in [2.45, 2.75) is 20.8 Å². The molecule has 0 radical (unpaired) electrons. The number of benzene rings is 1. The van der Waals surface area contributed by atoms with Crippen LogP contribution in [0.3, 0.4) is 0 Å². The molecule has 2 rings (SSSR count). The maximum Gasteiger partial charge on any atom is 0.238 e. The lowest BCUT2D eigenvalue weighted by Gasteiger charge is -2.35. The number of amides is 3. The first-order chi connectivity index (χ1) is 11.8. The minimum absolute atomic E-state index is 0.00531. The molecule has 0 atom stereocenters. The highest BCUT2D eigenvalue weighted by Gasteiger charge is 2.23. The summed E-state index contributed by atoms with van der Waals surface area (Å²) in [5.74, 6) is -0.0921. The summed E-state index contributed by atoms with van der Waals surface area (Å²) in [6.07, 6.45) is 0. The van der Waals surface area contributed by atoms with Gasteiger partial charge in [0, 0.05) is 50.4 Å². The van der Waals surface area contributed by atoms with Crippen LogP contribution in [0, 0.1) is 5.92 Å². The van der Waals surface area contributed by atoms with E-state index >= 15 is 0 Å². The molecule has 3 amide bonds. The molecular formula is C18H26N4O3. The smallest absolute Gasteiger partial charge is 0.238 e. The molecule has 0 bridgehead atoms. The van der Waals surface area contributed by atoms with E-state index in [4.69, 9.17) is 0 Å². The highest BCUT2D eigenvalue weighted by molar-refractivity contribution is 5.94. The van der Waals surface area contributed by atoms with E-state index in [1.54, 1.807) is 24.3 Å². The zero-order valence-corrected chi connectivity index (χ0v) is 15.0. The van der Waals surface area contributed by atoms with E-state index in [0.717, 1.165) is 0 Å². The number of anilines is 2. The van der Waals surface area contributed by atoms with Crippen LogP contribution in [0.15, 0.2) is 24.3 Å². The normalized spacial score (nSPS) is 15.1. The summed E-state index contributed by atoms with van der Waals surface area (Å²) >= 11 is 0. The Balaban J connectivity index is 1.81. The molecule has 2 N–H and O–H groups in total. The molecule has 25 heavy (non-hydrogen) atoms. The van der Waals surface area contributed by atoms with Crippen molar-refractivity contribution in [2.75, 3.05) is 43.4 Å². The van der Waals surface area contributed by atoms with Crippen LogP contribution in [0.25, 0.3) is 0 Å². The van der Waals surface area contributed by atoms with Crippen molar-refractivity contribution in [2.24, 2.45) is 5.92 Å². The van der Waals surface area contributed by atoms with Gasteiger partial charge in [0.05, 0.1) is 6.54 Å². The van der Waals surface area contributed by atoms with Crippen molar-refractivity contribution in [3.05, 3.63) is 24.3 Å². The predicted octanol–water partition coefficient (Wildman–Crippen LogP) is 1.38. The van der Waals surface area contributed by atoms with Gasteiger partial charge in [0.1, 0.15) is 0 Å². The van der Waals surface area contributed by atoms with Crippen LogP contribution in [-0.4, -0.2) is 60.2 Å². The Hall–Kier alpha value is -2.41. The lowest BCUT2D eigenvalue weighted by Crippen LogP contribution is -2.51. The molecule has 1 heterocycles. The fourth-order valence-electron chi connectivity index (χ4n) is 2.77. The summed E-state index contributed by atoms with van der Waals surface area (Å²) in [7, 11) is 0. The topological polar surface area (TPSA) is 81.8 Å². The van der Waals surface area contributed by atoms with Gasteiger partial charge in [-0.25, -0.2) is 0 Å². The van der Waals surface area contributed by atoms with Crippen molar-refractivity contribution < 1.29 is 14.4 Å². The van der Waals surface area contributed by atoms with Gasteiger partial charge in [-0.1, -0.05) is 19.9 Å². The summed E-state index contributed by atoms with van der Waals surface area (Å²) in [6.45, 7) is 8.22. The van der Waals surface area contributed by atoms with Gasteiger partial charge in [0.15, 0.2) is 0 Å². The lowest BCUT2D eigenvalue weighted by molar-refractivity contribution is -0.136. The average molecular weight is 346 g/mol. The third-order valence-corrected chi connectivity index (χ3v) is 4.01. The first-order valence-corrected chi connectivity index (χ1v) is 8.54. The molecule has 1 aliphatic heterocycles. The molecule has 1 aromatic carbocycles. The van der Waals surface area contributed by atoms with Crippen LogP contribution in [0.4, 0.5) is 11.4 Å². The second kappa shape index (κ2) is 8.62. The summed E-state index contributed by atoms with van der Waals surface area (Å²) in [4.78, 5) is 39.2. The van der Waals surface area contributed by atoms with Gasteiger partial charge >= 0.3 is 0 Å². The summed E-state index contributed by atoms with van der Waals surface area (Å²) in [5, 5.41) is 5.53. The average Bonchev–Trinajstić information content (AvgIpc) is 2.54. The quantitative estimate of drug-likeness (QED) is 0.844. The fraction of sp³-hybridized carbons (Fsp3) is 0.500. The molecule has 0 unspecified atom stereocenters. The first-order valence-electron chi connectivity index (χ1n) is 8.54. The second-order valence-electron chi connectivity index (χ2n) is 6.57. The maximum atomic E-state index is 12.2. The molecule has 0 aromatic heterocycles. The largest absolute Gasteiger partial charge is 0.340 e. The van der Waals surface area contributed by atoms with E-state index in [0.29, 0.717) is 37.6 Å². The van der Waals surface area contributed by atoms with E-state index in [1.807, 2.05) is 23.6 Å². The zero-order chi connectivity index (χ0) is 18.4. The number of nitrogens with one attached hydrogen (secondary N) is 2. The number of rotatable bonds is 5. The summed E-state index contributed by atoms with van der Waals surface area (Å²) in [6, 6.07) is 7.04. The van der Waals surface area contributed by atoms with Crippen LogP contribution in [0.1, 0.15) is 20.8 Å². The van der Waals surface area contributed by atoms with Crippen LogP contribution >= 0.6 is 0 Å². The Morgan fingerprint density at radius 3 is 2.20 bits per heavy atom. The Morgan fingerprint density at radius 2 is 1.64 bits per heavy atom. The Kier molecular flexibility index (Phi) is 6.52. The Bertz CT molecular complexity index is 637. The third-order valence-electron chi connectivity index (χ3n) is 4.01. The number of nitrogens with zero attached hydrogens (tertiary/aromatic N) is 2. The van der Waals surface area contributed by atoms with Crippen molar-refractivity contribution >= 4 is 29.1 Å². The van der Waals surface area contributed by atoms with Crippen molar-refractivity contribution in [3.8, 4) is 0 Å². The van der Waals surface area contributed by atoms with Gasteiger partial charge in [-0.2, -0.15) is 0 Å². The molecule has 1 aromatic rings. The van der Waals surface area contributed by atoms with Gasteiger partial charge in [-0.3, -0.25) is 19.3 Å². The van der Waals surface area contributed by atoms with Crippen LogP contribution in [0.5, 0.6) is 0 Å². The second-order valence-corrected chi connectivity index (χ2v) is 6.57. The molecule has 136 valence electrons. The molecule has 7 heteroatoms. The Morgan fingerprint density at radius 1 is 1.04 bits per heavy atom. The van der Waals surface area contributed by atoms with Gasteiger partial charge in [0.25, 0.3) is 0 Å². The van der Waals surface area contributed by atoms with Gasteiger partial charge in [-0.05, 0) is 18.2 Å². The van der Waals surface area contributed by atoms with Crippen LogP contribution < -0.4 is 10.6 Å². The molecule has 0 spiro atoms. The maximum absolute atomic E-state index is 12.2. The van der Waals surface area contributed by atoms with Crippen molar-refractivity contribution in [1.82, 2.24) is 9.80 Å². The van der Waals surface area contributed by atoms with Gasteiger partial charge in [-0.15, -0.1) is 0 Å². The molecule has 0 aliphatic carbocycles. The zero-order valence-electron chi connectivity index (χ0n) is 15.0. The highest BCUT2D eigenvalue weighted by Crippen LogP contribution is 2.15. The highest BCUT2D eigenvalue weighted by atomic mass is 16.2. The van der Waals surface area contributed by atoms with Gasteiger partial charge in [0.2, 0.25) is 17.7 Å². The molecule has 0 saturated carbocycles. The third kappa shape index (κ3) is 5.86. The number of carbonyl (C=O) groups excluding carboxylic acids is 3. The lowest BCUT2D eigenvalue weighted by atomic mass is 10.1. The molecule has 1 fully saturated rings. The molecule has 7 nitrogen and oxygen atoms in total. The van der Waals surface area contributed by atoms with E-state index in [9.17, 15) is 14.4 Å². The van der Waals surface area contributed by atoms with Crippen molar-refractivity contribution in [3.63, 3.8) is 0 Å². The van der Waals surface area contributed by atoms with E-state index in [2.05, 4.69) is 10.6 Å². The Labute approximate surface area is 148 Å². The van der Waals surface area contributed by atoms with E-state index < -0.39 is 0 Å². The van der Waals surface area contributed by atoms with Crippen LogP contribution in [-0.2, 0) is 14.4 Å². The molecular weight excluding hydrogens is 320 g/mol. The minimum atomic E-state index is -0.155. The number of hydrogen-bond acceptors (Lipinski definition) is 4. The standard InChI is InChI=1S/C18H26N4O3/c1-13(2)18(25)22-9-7-21(8-10-22)12-17(24)20-16-6-4-5-15(11-16)19-14(3)23/h4-6,11,13H,7-10,12H2,1-3H3,(H,19,23)(H,20,24). The monoisotopic (exact) mass is 346 g/mol. The minimum Gasteiger partial charge on any atom is -0.340 e. The predicted molar refractivity (Wildman–Crippen MR) is 97.2 cm³/mol. The number of carbonyl (C=O) groups is 3. The SMILES string of the molecule is CC(=O)Nc1cccc(NC(=O)CN2CCN(C(=O)C(C)C)CC2)c1. The summed E-state index contributed by atoms with van der Waals surface area (Å²) < 4.78 is 0. The van der Waals surface area contributed by atoms with E-state index in [-0.39, 0.29) is 30.2 Å². The summed E-state index contributed by atoms with van der Waals surface area (Å²) in [5.41, 5.74) is 1.29.